The van der Waals surface area contributed by atoms with Crippen molar-refractivity contribution < 1.29 is 0 Å². The molecule has 1 saturated heterocycles. The molecule has 1 unspecified atom stereocenters. The van der Waals surface area contributed by atoms with E-state index in [2.05, 4.69) is 39.6 Å². The molecule has 0 bridgehead atoms. The molecule has 28 heavy (non-hydrogen) atoms. The highest BCUT2D eigenvalue weighted by Gasteiger charge is 2.32. The van der Waals surface area contributed by atoms with E-state index in [0.717, 1.165) is 37.2 Å². The molecule has 2 fully saturated rings. The number of likely N-dealkylation sites (N-methyl/N-ethyl adjacent to an activating group) is 1. The van der Waals surface area contributed by atoms with Crippen LogP contribution in [-0.4, -0.2) is 57.8 Å². The number of aromatic nitrogens is 3. The minimum Gasteiger partial charge on any atom is -0.356 e. The van der Waals surface area contributed by atoms with Gasteiger partial charge in [0, 0.05) is 26.2 Å². The van der Waals surface area contributed by atoms with E-state index in [9.17, 15) is 0 Å². The molecule has 2 N–H and O–H groups in total. The van der Waals surface area contributed by atoms with Gasteiger partial charge in [0.05, 0.1) is 0 Å². The lowest BCUT2D eigenvalue weighted by Crippen LogP contribution is -2.47. The smallest absolute Gasteiger partial charge is 0.191 e. The van der Waals surface area contributed by atoms with E-state index in [0.29, 0.717) is 18.0 Å². The molecule has 1 atom stereocenters. The number of guanidine groups is 1. The molecule has 1 aromatic rings. The second-order valence-electron chi connectivity index (χ2n) is 8.61. The van der Waals surface area contributed by atoms with Gasteiger partial charge in [-0.3, -0.25) is 4.90 Å². The Kier molecular flexibility index (Phi) is 7.32. The maximum Gasteiger partial charge on any atom is 0.191 e. The SMILES string of the molecule is CCN1CCCC1CNC(=NCc1nnc(C)n1C)NCC1(CC)CCCC1. The average Bonchev–Trinajstić information content (AvgIpc) is 3.44. The van der Waals surface area contributed by atoms with Crippen LogP contribution in [0, 0.1) is 12.3 Å². The highest BCUT2D eigenvalue weighted by molar-refractivity contribution is 5.79. The van der Waals surface area contributed by atoms with Crippen LogP contribution >= 0.6 is 0 Å². The minimum absolute atomic E-state index is 0.437. The average molecular weight is 390 g/mol. The Labute approximate surface area is 170 Å². The van der Waals surface area contributed by atoms with Gasteiger partial charge in [-0.25, -0.2) is 4.99 Å². The van der Waals surface area contributed by atoms with E-state index in [1.807, 2.05) is 18.5 Å². The minimum atomic E-state index is 0.437. The summed E-state index contributed by atoms with van der Waals surface area (Å²) < 4.78 is 2.02. The Morgan fingerprint density at radius 1 is 1.18 bits per heavy atom. The van der Waals surface area contributed by atoms with E-state index >= 15 is 0 Å². The van der Waals surface area contributed by atoms with Crippen LogP contribution < -0.4 is 10.6 Å². The Hall–Kier alpha value is -1.63. The van der Waals surface area contributed by atoms with Crippen molar-refractivity contribution in [3.05, 3.63) is 11.6 Å². The number of nitrogens with zero attached hydrogens (tertiary/aromatic N) is 5. The van der Waals surface area contributed by atoms with Gasteiger partial charge in [-0.1, -0.05) is 26.7 Å². The fourth-order valence-electron chi connectivity index (χ4n) is 4.72. The largest absolute Gasteiger partial charge is 0.356 e. The quantitative estimate of drug-likeness (QED) is 0.528. The van der Waals surface area contributed by atoms with Gasteiger partial charge in [0.25, 0.3) is 0 Å². The van der Waals surface area contributed by atoms with Gasteiger partial charge in [-0.05, 0) is 57.5 Å². The molecule has 7 heteroatoms. The highest BCUT2D eigenvalue weighted by Crippen LogP contribution is 2.40. The second-order valence-corrected chi connectivity index (χ2v) is 8.61. The van der Waals surface area contributed by atoms with Gasteiger partial charge in [-0.15, -0.1) is 10.2 Å². The summed E-state index contributed by atoms with van der Waals surface area (Å²) in [4.78, 5) is 7.43. The first kappa shape index (κ1) is 21.1. The van der Waals surface area contributed by atoms with Gasteiger partial charge < -0.3 is 15.2 Å². The van der Waals surface area contributed by atoms with Crippen molar-refractivity contribution in [1.29, 1.82) is 0 Å². The summed E-state index contributed by atoms with van der Waals surface area (Å²) in [6, 6.07) is 0.612. The molecule has 1 aromatic heterocycles. The number of hydrogen-bond donors (Lipinski definition) is 2. The van der Waals surface area contributed by atoms with Gasteiger partial charge in [0.2, 0.25) is 0 Å². The van der Waals surface area contributed by atoms with Crippen LogP contribution in [0.1, 0.15) is 70.4 Å². The third-order valence-corrected chi connectivity index (χ3v) is 7.02. The first-order valence-corrected chi connectivity index (χ1v) is 11.2. The Bertz CT molecular complexity index is 645. The van der Waals surface area contributed by atoms with Crippen LogP contribution in [0.4, 0.5) is 0 Å². The van der Waals surface area contributed by atoms with Crippen molar-refractivity contribution in [1.82, 2.24) is 30.3 Å². The normalized spacial score (nSPS) is 22.7. The van der Waals surface area contributed by atoms with E-state index in [1.54, 1.807) is 0 Å². The first-order valence-electron chi connectivity index (χ1n) is 11.2. The molecule has 7 nitrogen and oxygen atoms in total. The molecule has 0 radical (unpaired) electrons. The van der Waals surface area contributed by atoms with Gasteiger partial charge in [0.15, 0.2) is 11.8 Å². The second kappa shape index (κ2) is 9.72. The molecule has 0 amide bonds. The summed E-state index contributed by atoms with van der Waals surface area (Å²) in [6.45, 7) is 11.4. The van der Waals surface area contributed by atoms with Crippen molar-refractivity contribution in [3.63, 3.8) is 0 Å². The lowest BCUT2D eigenvalue weighted by Gasteiger charge is -2.29. The highest BCUT2D eigenvalue weighted by atomic mass is 15.3. The van der Waals surface area contributed by atoms with Crippen molar-refractivity contribution in [2.45, 2.75) is 78.3 Å². The molecule has 1 aliphatic carbocycles. The monoisotopic (exact) mass is 389 g/mol. The molecule has 0 aromatic carbocycles. The maximum absolute atomic E-state index is 4.86. The van der Waals surface area contributed by atoms with Gasteiger partial charge in [0.1, 0.15) is 12.4 Å². The molecular weight excluding hydrogens is 350 g/mol. The summed E-state index contributed by atoms with van der Waals surface area (Å²) in [5.74, 6) is 2.75. The molecule has 158 valence electrons. The van der Waals surface area contributed by atoms with Gasteiger partial charge in [-0.2, -0.15) is 0 Å². The van der Waals surface area contributed by atoms with Crippen LogP contribution in [0.15, 0.2) is 4.99 Å². The zero-order valence-corrected chi connectivity index (χ0v) is 18.3. The van der Waals surface area contributed by atoms with E-state index < -0.39 is 0 Å². The first-order chi connectivity index (χ1) is 13.6. The molecule has 1 saturated carbocycles. The molecule has 2 aliphatic rings. The van der Waals surface area contributed by atoms with Crippen molar-refractivity contribution in [3.8, 4) is 0 Å². The Morgan fingerprint density at radius 2 is 1.96 bits per heavy atom. The van der Waals surface area contributed by atoms with Crippen LogP contribution in [0.25, 0.3) is 0 Å². The topological polar surface area (TPSA) is 70.4 Å². The van der Waals surface area contributed by atoms with Gasteiger partial charge >= 0.3 is 0 Å². The van der Waals surface area contributed by atoms with Crippen LogP contribution in [-0.2, 0) is 13.6 Å². The fourth-order valence-corrected chi connectivity index (χ4v) is 4.72. The number of likely N-dealkylation sites (tertiary alicyclic amines) is 1. The van der Waals surface area contributed by atoms with Crippen LogP contribution in [0.5, 0.6) is 0 Å². The van der Waals surface area contributed by atoms with Crippen molar-refractivity contribution in [2.75, 3.05) is 26.2 Å². The number of nitrogens with one attached hydrogen (secondary N) is 2. The number of rotatable bonds is 8. The third-order valence-electron chi connectivity index (χ3n) is 7.02. The lowest BCUT2D eigenvalue weighted by atomic mass is 9.83. The Balaban J connectivity index is 1.64. The molecule has 2 heterocycles. The lowest BCUT2D eigenvalue weighted by molar-refractivity contribution is 0.264. The molecular formula is C21H39N7. The van der Waals surface area contributed by atoms with E-state index in [4.69, 9.17) is 4.99 Å². The molecule has 1 aliphatic heterocycles. The Morgan fingerprint density at radius 3 is 2.61 bits per heavy atom. The summed E-state index contributed by atoms with van der Waals surface area (Å²) in [6.07, 6.45) is 9.20. The predicted molar refractivity (Wildman–Crippen MR) is 114 cm³/mol. The van der Waals surface area contributed by atoms with Crippen molar-refractivity contribution in [2.24, 2.45) is 17.5 Å². The number of hydrogen-bond acceptors (Lipinski definition) is 4. The zero-order chi connectivity index (χ0) is 20.0. The third kappa shape index (κ3) is 5.04. The molecule has 3 rings (SSSR count). The number of aliphatic imine (C=N–C) groups is 1. The molecule has 0 spiro atoms. The zero-order valence-electron chi connectivity index (χ0n) is 18.3. The summed E-state index contributed by atoms with van der Waals surface area (Å²) in [5.41, 5.74) is 0.437. The van der Waals surface area contributed by atoms with Crippen LogP contribution in [0.2, 0.25) is 0 Å². The predicted octanol–water partition coefficient (Wildman–Crippen LogP) is 2.61. The standard InChI is InChI=1S/C21H39N7/c1-5-21(11-7-8-12-21)16-24-20(22-14-18-10-9-13-28(18)6-2)23-15-19-26-25-17(3)27(19)4/h18H,5-16H2,1-4H3,(H2,22,23,24). The summed E-state index contributed by atoms with van der Waals surface area (Å²) >= 11 is 0. The maximum atomic E-state index is 4.86. The summed E-state index contributed by atoms with van der Waals surface area (Å²) in [5, 5.41) is 15.7. The van der Waals surface area contributed by atoms with E-state index in [1.165, 1.54) is 51.5 Å². The number of aryl methyl sites for hydroxylation is 1. The summed E-state index contributed by atoms with van der Waals surface area (Å²) in [7, 11) is 2.00. The van der Waals surface area contributed by atoms with Crippen molar-refractivity contribution >= 4 is 5.96 Å². The van der Waals surface area contributed by atoms with Crippen LogP contribution in [0.3, 0.4) is 0 Å². The fraction of sp³-hybridized carbons (Fsp3) is 0.857. The van der Waals surface area contributed by atoms with E-state index in [-0.39, 0.29) is 0 Å².